The first-order valence-corrected chi connectivity index (χ1v) is 18.3. The summed E-state index contributed by atoms with van der Waals surface area (Å²) in [5.74, 6) is 0. The van der Waals surface area contributed by atoms with Gasteiger partial charge in [-0.15, -0.1) is 20.4 Å². The monoisotopic (exact) mass is 712 g/mol. The highest BCUT2D eigenvalue weighted by atomic mass is 32.1. The van der Waals surface area contributed by atoms with Gasteiger partial charge < -0.3 is 0 Å². The van der Waals surface area contributed by atoms with Gasteiger partial charge >= 0.3 is 0 Å². The first kappa shape index (κ1) is 31.6. The fraction of sp³-hybridized carbons (Fsp3) is 0.0476. The molecule has 4 heterocycles. The molecule has 0 unspecified atom stereocenters. The van der Waals surface area contributed by atoms with Crippen molar-refractivity contribution in [3.8, 4) is 0 Å². The Kier molecular flexibility index (Phi) is 8.15. The van der Waals surface area contributed by atoms with Crippen LogP contribution in [0.1, 0.15) is 45.5 Å². The van der Waals surface area contributed by atoms with E-state index in [2.05, 4.69) is 20.4 Å². The molecule has 0 saturated carbocycles. The molecule has 0 N–H and O–H groups in total. The van der Waals surface area contributed by atoms with Gasteiger partial charge in [0, 0.05) is 11.1 Å². The quantitative estimate of drug-likeness (QED) is 0.242. The van der Waals surface area contributed by atoms with Gasteiger partial charge in [0.05, 0.1) is 20.5 Å². The van der Waals surface area contributed by atoms with Crippen LogP contribution in [0.25, 0.3) is 12.2 Å². The Balaban J connectivity index is 1.07. The number of hydrogen-bond donors (Lipinski definition) is 0. The van der Waals surface area contributed by atoms with Crippen LogP contribution in [-0.2, 0) is 0 Å². The van der Waals surface area contributed by atoms with E-state index in [1.165, 1.54) is 22.7 Å². The van der Waals surface area contributed by atoms with E-state index in [-0.39, 0.29) is 11.1 Å². The van der Waals surface area contributed by atoms with Gasteiger partial charge in [-0.05, 0) is 34.4 Å². The van der Waals surface area contributed by atoms with Crippen LogP contribution in [0.15, 0.2) is 176 Å². The Bertz CT molecular complexity index is 2680. The van der Waals surface area contributed by atoms with Crippen molar-refractivity contribution in [2.24, 2.45) is 20.4 Å². The zero-order valence-electron chi connectivity index (χ0n) is 27.5. The van der Waals surface area contributed by atoms with Gasteiger partial charge in [0.25, 0.3) is 11.1 Å². The summed E-state index contributed by atoms with van der Waals surface area (Å²) in [5, 5.41) is 18.2. The highest BCUT2D eigenvalue weighted by Crippen LogP contribution is 2.25. The second-order valence-electron chi connectivity index (χ2n) is 12.3. The minimum Gasteiger partial charge on any atom is -0.268 e. The van der Waals surface area contributed by atoms with Gasteiger partial charge in [0.1, 0.15) is 12.1 Å². The zero-order chi connectivity index (χ0) is 35.0. The van der Waals surface area contributed by atoms with E-state index in [0.717, 1.165) is 44.8 Å². The smallest absolute Gasteiger partial charge is 0.268 e. The Morgan fingerprint density at radius 1 is 0.442 bits per heavy atom. The summed E-state index contributed by atoms with van der Waals surface area (Å²) < 4.78 is 4.62. The predicted octanol–water partition coefficient (Wildman–Crippen LogP) is 5.04. The molecule has 2 aliphatic rings. The topological polar surface area (TPSA) is 93.4 Å². The maximum atomic E-state index is 14.0. The molecule has 52 heavy (non-hydrogen) atoms. The maximum Gasteiger partial charge on any atom is 0.271 e. The van der Waals surface area contributed by atoms with Crippen LogP contribution in [-0.4, -0.2) is 20.6 Å². The molecule has 0 bridgehead atoms. The van der Waals surface area contributed by atoms with Gasteiger partial charge in [-0.25, -0.2) is 0 Å². The molecule has 2 aromatic heterocycles. The molecular formula is C42H28N6O2S2. The number of rotatable bonds is 6. The molecule has 8 nitrogen and oxygen atoms in total. The lowest BCUT2D eigenvalue weighted by Gasteiger charge is -2.22. The summed E-state index contributed by atoms with van der Waals surface area (Å²) in [5.41, 5.74) is 6.68. The van der Waals surface area contributed by atoms with E-state index >= 15 is 0 Å². The molecule has 0 aliphatic carbocycles. The molecule has 10 heteroatoms. The van der Waals surface area contributed by atoms with E-state index in [1.54, 1.807) is 9.13 Å². The zero-order valence-corrected chi connectivity index (χ0v) is 29.1. The first-order chi connectivity index (χ1) is 25.6. The van der Waals surface area contributed by atoms with E-state index in [1.807, 2.05) is 158 Å². The molecule has 0 amide bonds. The van der Waals surface area contributed by atoms with E-state index < -0.39 is 12.1 Å². The molecule has 2 atom stereocenters. The van der Waals surface area contributed by atoms with Crippen LogP contribution in [0.4, 0.5) is 0 Å². The molecule has 0 spiro atoms. The lowest BCUT2D eigenvalue weighted by atomic mass is 9.96. The molecular weight excluding hydrogens is 685 g/mol. The van der Waals surface area contributed by atoms with Gasteiger partial charge in [-0.1, -0.05) is 168 Å². The van der Waals surface area contributed by atoms with E-state index in [4.69, 9.17) is 0 Å². The maximum absolute atomic E-state index is 14.0. The minimum absolute atomic E-state index is 0.123. The van der Waals surface area contributed by atoms with Crippen LogP contribution < -0.4 is 29.8 Å². The average molecular weight is 713 g/mol. The Morgan fingerprint density at radius 3 is 1.15 bits per heavy atom. The first-order valence-electron chi connectivity index (χ1n) is 16.7. The van der Waals surface area contributed by atoms with Crippen LogP contribution in [0.3, 0.4) is 0 Å². The van der Waals surface area contributed by atoms with Crippen LogP contribution in [0, 0.1) is 0 Å². The van der Waals surface area contributed by atoms with Crippen molar-refractivity contribution in [3.05, 3.63) is 218 Å². The number of hydrogen-bond acceptors (Lipinski definition) is 8. The third-order valence-corrected chi connectivity index (χ3v) is 11.0. The van der Waals surface area contributed by atoms with Gasteiger partial charge in [0.2, 0.25) is 9.60 Å². The summed E-state index contributed by atoms with van der Waals surface area (Å²) in [6, 6.07) is 46.6. The fourth-order valence-corrected chi connectivity index (χ4v) is 8.53. The van der Waals surface area contributed by atoms with Crippen molar-refractivity contribution < 1.29 is 0 Å². The lowest BCUT2D eigenvalue weighted by Crippen LogP contribution is -2.40. The highest BCUT2D eigenvalue weighted by molar-refractivity contribution is 7.07. The van der Waals surface area contributed by atoms with Gasteiger partial charge in [-0.2, -0.15) is 0 Å². The van der Waals surface area contributed by atoms with Gasteiger partial charge in [0.15, 0.2) is 0 Å². The van der Waals surface area contributed by atoms with Crippen molar-refractivity contribution in [1.82, 2.24) is 9.13 Å². The standard InChI is InChI=1S/C42H28N6O2S2/c49-39-33(51-41-45-43-35(29-13-5-1-6-14-29)37(47(39)41)31-17-9-3-10-18-31)25-27-21-23-28(24-22-27)26-34-40(50)48-38(32-19-11-4-12-20-32)36(44-46-42(48)52-34)30-15-7-2-8-16-30/h1-26,37-38H/b33-25-,34-26+/t37-,38-/m0/s1. The largest absolute Gasteiger partial charge is 0.271 e. The Labute approximate surface area is 305 Å². The second-order valence-corrected chi connectivity index (χ2v) is 14.4. The summed E-state index contributed by atoms with van der Waals surface area (Å²) >= 11 is 2.65. The second kappa shape index (κ2) is 13.4. The number of benzene rings is 5. The van der Waals surface area contributed by atoms with Crippen LogP contribution in [0.5, 0.6) is 0 Å². The van der Waals surface area contributed by atoms with E-state index in [0.29, 0.717) is 18.7 Å². The van der Waals surface area contributed by atoms with Crippen LogP contribution >= 0.6 is 22.7 Å². The minimum atomic E-state index is -0.405. The number of fused-ring (bicyclic) bond motifs is 2. The highest BCUT2D eigenvalue weighted by Gasteiger charge is 2.29. The molecule has 5 aromatic carbocycles. The predicted molar refractivity (Wildman–Crippen MR) is 207 cm³/mol. The van der Waals surface area contributed by atoms with Gasteiger partial charge in [-0.3, -0.25) is 18.7 Å². The third kappa shape index (κ3) is 5.73. The van der Waals surface area contributed by atoms with Crippen molar-refractivity contribution in [1.29, 1.82) is 0 Å². The molecule has 250 valence electrons. The Hall–Kier alpha value is -6.36. The molecule has 7 aromatic rings. The lowest BCUT2D eigenvalue weighted by molar-refractivity contribution is 0.657. The SMILES string of the molecule is O=c1/c(=C/c2ccc(/C=c3/sc4n(c3=O)[C@@H](c3ccccc3)C(c3ccccc3)=NN=4)cc2)sc2n1[C@@H](c1ccccc1)C(c1ccccc1)=NN=2. The summed E-state index contributed by atoms with van der Waals surface area (Å²) in [4.78, 5) is 29.2. The number of aromatic nitrogens is 2. The normalized spacial score (nSPS) is 17.0. The molecule has 0 saturated heterocycles. The van der Waals surface area contributed by atoms with Crippen molar-refractivity contribution in [2.75, 3.05) is 0 Å². The van der Waals surface area contributed by atoms with Crippen molar-refractivity contribution >= 4 is 46.2 Å². The summed E-state index contributed by atoms with van der Waals surface area (Å²) in [7, 11) is 0. The molecule has 0 fully saturated rings. The summed E-state index contributed by atoms with van der Waals surface area (Å²) in [6.07, 6.45) is 3.76. The summed E-state index contributed by atoms with van der Waals surface area (Å²) in [6.45, 7) is 0. The van der Waals surface area contributed by atoms with E-state index in [9.17, 15) is 9.59 Å². The van der Waals surface area contributed by atoms with Crippen molar-refractivity contribution in [3.63, 3.8) is 0 Å². The third-order valence-electron chi connectivity index (χ3n) is 9.10. The molecule has 0 radical (unpaired) electrons. The number of thiazole rings is 2. The van der Waals surface area contributed by atoms with Crippen LogP contribution in [0.2, 0.25) is 0 Å². The van der Waals surface area contributed by atoms with Crippen molar-refractivity contribution in [2.45, 2.75) is 12.1 Å². The Morgan fingerprint density at radius 2 is 0.788 bits per heavy atom. The molecule has 9 rings (SSSR count). The fourth-order valence-electron chi connectivity index (χ4n) is 6.64. The number of nitrogens with zero attached hydrogens (tertiary/aromatic N) is 6. The molecule has 2 aliphatic heterocycles. The average Bonchev–Trinajstić information content (AvgIpc) is 3.70.